The third kappa shape index (κ3) is 3.59. The molecule has 1 aromatic rings. The number of rotatable bonds is 5. The molecule has 0 radical (unpaired) electrons. The van der Waals surface area contributed by atoms with Crippen molar-refractivity contribution in [2.24, 2.45) is 11.8 Å². The molecule has 0 aliphatic heterocycles. The van der Waals surface area contributed by atoms with Gasteiger partial charge >= 0.3 is 0 Å². The summed E-state index contributed by atoms with van der Waals surface area (Å²) in [4.78, 5) is 4.11. The van der Waals surface area contributed by atoms with E-state index in [9.17, 15) is 0 Å². The molecule has 16 heavy (non-hydrogen) atoms. The van der Waals surface area contributed by atoms with Gasteiger partial charge < -0.3 is 5.32 Å². The molecule has 2 unspecified atom stereocenters. The fraction of sp³-hybridized carbons (Fsp3) is 0.833. The minimum absolute atomic E-state index is 0.887. The molecule has 1 saturated carbocycles. The van der Waals surface area contributed by atoms with E-state index in [1.165, 1.54) is 32.2 Å². The van der Waals surface area contributed by atoms with Crippen LogP contribution >= 0.6 is 0 Å². The zero-order valence-electron chi connectivity index (χ0n) is 10.1. The van der Waals surface area contributed by atoms with Crippen LogP contribution in [0.2, 0.25) is 0 Å². The van der Waals surface area contributed by atoms with E-state index >= 15 is 0 Å². The predicted octanol–water partition coefficient (Wildman–Crippen LogP) is 1.76. The van der Waals surface area contributed by atoms with Gasteiger partial charge in [0.1, 0.15) is 12.2 Å². The van der Waals surface area contributed by atoms with Crippen LogP contribution < -0.4 is 5.32 Å². The van der Waals surface area contributed by atoms with Crippen LogP contribution in [-0.2, 0) is 6.42 Å². The van der Waals surface area contributed by atoms with Crippen molar-refractivity contribution in [2.75, 3.05) is 13.1 Å². The van der Waals surface area contributed by atoms with Gasteiger partial charge in [-0.3, -0.25) is 5.10 Å². The summed E-state index contributed by atoms with van der Waals surface area (Å²) in [6.45, 7) is 4.54. The summed E-state index contributed by atoms with van der Waals surface area (Å²) in [5.41, 5.74) is 0. The standard InChI is InChI=1S/C12H22N4/c1-10-3-2-4-11(7-10)8-13-6-5-12-14-9-15-16-12/h9-11,13H,2-8H2,1H3,(H,14,15,16). The smallest absolute Gasteiger partial charge is 0.137 e. The molecule has 1 aliphatic carbocycles. The molecule has 0 saturated heterocycles. The van der Waals surface area contributed by atoms with Gasteiger partial charge in [0.15, 0.2) is 0 Å². The van der Waals surface area contributed by atoms with Gasteiger partial charge in [0.05, 0.1) is 0 Å². The maximum Gasteiger partial charge on any atom is 0.137 e. The first-order valence-corrected chi connectivity index (χ1v) is 6.39. The van der Waals surface area contributed by atoms with Crippen molar-refractivity contribution >= 4 is 0 Å². The van der Waals surface area contributed by atoms with E-state index in [4.69, 9.17) is 0 Å². The first kappa shape index (κ1) is 11.6. The molecule has 0 amide bonds. The van der Waals surface area contributed by atoms with Gasteiger partial charge in [-0.25, -0.2) is 4.98 Å². The van der Waals surface area contributed by atoms with E-state index < -0.39 is 0 Å². The Kier molecular flexibility index (Phi) is 4.34. The molecule has 0 spiro atoms. The molecule has 90 valence electrons. The second kappa shape index (κ2) is 5.99. The Balaban J connectivity index is 1.57. The van der Waals surface area contributed by atoms with Crippen LogP contribution in [0.1, 0.15) is 38.4 Å². The Bertz CT molecular complexity index is 283. The Morgan fingerprint density at radius 1 is 1.50 bits per heavy atom. The van der Waals surface area contributed by atoms with Crippen molar-refractivity contribution in [3.8, 4) is 0 Å². The lowest BCUT2D eigenvalue weighted by molar-refractivity contribution is 0.275. The second-order valence-corrected chi connectivity index (χ2v) is 5.02. The molecule has 1 aromatic heterocycles. The monoisotopic (exact) mass is 222 g/mol. The molecule has 1 fully saturated rings. The van der Waals surface area contributed by atoms with E-state index in [2.05, 4.69) is 27.4 Å². The van der Waals surface area contributed by atoms with Crippen molar-refractivity contribution in [2.45, 2.75) is 39.0 Å². The van der Waals surface area contributed by atoms with Crippen molar-refractivity contribution in [3.63, 3.8) is 0 Å². The summed E-state index contributed by atoms with van der Waals surface area (Å²) in [7, 11) is 0. The predicted molar refractivity (Wildman–Crippen MR) is 64.1 cm³/mol. The summed E-state index contributed by atoms with van der Waals surface area (Å²) in [5.74, 6) is 2.79. The van der Waals surface area contributed by atoms with Crippen LogP contribution in [0.25, 0.3) is 0 Å². The first-order chi connectivity index (χ1) is 7.84. The summed E-state index contributed by atoms with van der Waals surface area (Å²) in [6.07, 6.45) is 8.15. The van der Waals surface area contributed by atoms with Gasteiger partial charge in [0.2, 0.25) is 0 Å². The van der Waals surface area contributed by atoms with E-state index in [1.54, 1.807) is 6.33 Å². The fourth-order valence-corrected chi connectivity index (χ4v) is 2.61. The summed E-state index contributed by atoms with van der Waals surface area (Å²) in [5, 5.41) is 10.2. The first-order valence-electron chi connectivity index (χ1n) is 6.39. The lowest BCUT2D eigenvalue weighted by Crippen LogP contribution is -2.28. The summed E-state index contributed by atoms with van der Waals surface area (Å²) in [6, 6.07) is 0. The fourth-order valence-electron chi connectivity index (χ4n) is 2.61. The minimum atomic E-state index is 0.887. The zero-order chi connectivity index (χ0) is 11.2. The van der Waals surface area contributed by atoms with Crippen molar-refractivity contribution in [1.29, 1.82) is 0 Å². The highest BCUT2D eigenvalue weighted by Crippen LogP contribution is 2.27. The summed E-state index contributed by atoms with van der Waals surface area (Å²) >= 11 is 0. The van der Waals surface area contributed by atoms with Gasteiger partial charge in [0.25, 0.3) is 0 Å². The molecule has 2 rings (SSSR count). The zero-order valence-corrected chi connectivity index (χ0v) is 10.1. The lowest BCUT2D eigenvalue weighted by atomic mass is 9.82. The third-order valence-corrected chi connectivity index (χ3v) is 3.48. The van der Waals surface area contributed by atoms with E-state index in [0.29, 0.717) is 0 Å². The highest BCUT2D eigenvalue weighted by atomic mass is 15.2. The topological polar surface area (TPSA) is 53.6 Å². The van der Waals surface area contributed by atoms with Gasteiger partial charge in [-0.1, -0.05) is 19.8 Å². The number of aromatic amines is 1. The van der Waals surface area contributed by atoms with Crippen molar-refractivity contribution in [1.82, 2.24) is 20.5 Å². The Hall–Kier alpha value is -0.900. The number of nitrogens with zero attached hydrogens (tertiary/aromatic N) is 2. The maximum atomic E-state index is 4.11. The number of H-pyrrole nitrogens is 1. The molecular formula is C12H22N4. The SMILES string of the molecule is CC1CCCC(CNCCc2ncn[nH]2)C1. The minimum Gasteiger partial charge on any atom is -0.316 e. The molecule has 1 aliphatic rings. The number of hydrogen-bond acceptors (Lipinski definition) is 3. The number of nitrogens with one attached hydrogen (secondary N) is 2. The molecule has 2 N–H and O–H groups in total. The van der Waals surface area contributed by atoms with E-state index in [-0.39, 0.29) is 0 Å². The van der Waals surface area contributed by atoms with Crippen LogP contribution in [-0.4, -0.2) is 28.3 Å². The Morgan fingerprint density at radius 2 is 2.44 bits per heavy atom. The van der Waals surface area contributed by atoms with Gasteiger partial charge in [-0.2, -0.15) is 5.10 Å². The van der Waals surface area contributed by atoms with Gasteiger partial charge in [-0.15, -0.1) is 0 Å². The largest absolute Gasteiger partial charge is 0.316 e. The van der Waals surface area contributed by atoms with Crippen LogP contribution in [0, 0.1) is 11.8 Å². The van der Waals surface area contributed by atoms with Gasteiger partial charge in [0, 0.05) is 13.0 Å². The lowest BCUT2D eigenvalue weighted by Gasteiger charge is -2.26. The van der Waals surface area contributed by atoms with E-state index in [0.717, 1.165) is 30.6 Å². The van der Waals surface area contributed by atoms with Crippen LogP contribution in [0.3, 0.4) is 0 Å². The quantitative estimate of drug-likeness (QED) is 0.746. The molecule has 4 nitrogen and oxygen atoms in total. The van der Waals surface area contributed by atoms with Crippen molar-refractivity contribution in [3.05, 3.63) is 12.2 Å². The normalized spacial score (nSPS) is 25.8. The highest BCUT2D eigenvalue weighted by molar-refractivity contribution is 4.81. The third-order valence-electron chi connectivity index (χ3n) is 3.48. The van der Waals surface area contributed by atoms with Gasteiger partial charge in [-0.05, 0) is 31.2 Å². The number of aromatic nitrogens is 3. The van der Waals surface area contributed by atoms with Crippen molar-refractivity contribution < 1.29 is 0 Å². The molecule has 1 heterocycles. The molecule has 0 aromatic carbocycles. The maximum absolute atomic E-state index is 4.11. The molecule has 2 atom stereocenters. The van der Waals surface area contributed by atoms with Crippen LogP contribution in [0.5, 0.6) is 0 Å². The average Bonchev–Trinajstić information content (AvgIpc) is 2.77. The molecular weight excluding hydrogens is 200 g/mol. The summed E-state index contributed by atoms with van der Waals surface area (Å²) < 4.78 is 0. The average molecular weight is 222 g/mol. The van der Waals surface area contributed by atoms with E-state index in [1.807, 2.05) is 0 Å². The van der Waals surface area contributed by atoms with Crippen LogP contribution in [0.4, 0.5) is 0 Å². The highest BCUT2D eigenvalue weighted by Gasteiger charge is 2.17. The molecule has 0 bridgehead atoms. The second-order valence-electron chi connectivity index (χ2n) is 5.02. The Morgan fingerprint density at radius 3 is 3.19 bits per heavy atom. The van der Waals surface area contributed by atoms with Crippen LogP contribution in [0.15, 0.2) is 6.33 Å². The molecule has 4 heteroatoms. The Labute approximate surface area is 97.2 Å². The number of hydrogen-bond donors (Lipinski definition) is 2.